The van der Waals surface area contributed by atoms with E-state index >= 15 is 0 Å². The highest BCUT2D eigenvalue weighted by molar-refractivity contribution is 6.18. The molecular weight excluding hydrogens is 263 g/mol. The lowest BCUT2D eigenvalue weighted by atomic mass is 9.86. The lowest BCUT2D eigenvalue weighted by Crippen LogP contribution is -2.49. The van der Waals surface area contributed by atoms with E-state index in [1.807, 2.05) is 0 Å². The van der Waals surface area contributed by atoms with Gasteiger partial charge in [0.1, 0.15) is 0 Å². The van der Waals surface area contributed by atoms with Crippen LogP contribution in [0.5, 0.6) is 0 Å². The Bertz CT molecular complexity index is 276. The number of alkyl halides is 2. The molecule has 0 saturated heterocycles. The van der Waals surface area contributed by atoms with Gasteiger partial charge in [-0.2, -0.15) is 0 Å². The quantitative estimate of drug-likeness (QED) is 0.396. The first-order valence-corrected chi connectivity index (χ1v) is 6.11. The summed E-state index contributed by atoms with van der Waals surface area (Å²) in [7, 11) is 0. The first kappa shape index (κ1) is 16.0. The van der Waals surface area contributed by atoms with Gasteiger partial charge in [0.15, 0.2) is 5.41 Å². The Labute approximate surface area is 111 Å². The van der Waals surface area contributed by atoms with Gasteiger partial charge in [-0.25, -0.2) is 0 Å². The zero-order chi connectivity index (χ0) is 13.3. The van der Waals surface area contributed by atoms with Crippen molar-refractivity contribution in [1.29, 1.82) is 0 Å². The summed E-state index contributed by atoms with van der Waals surface area (Å²) in [4.78, 5) is 23.8. The summed E-state index contributed by atoms with van der Waals surface area (Å²) in [6.45, 7) is 7.55. The second-order valence-corrected chi connectivity index (χ2v) is 3.92. The molecule has 0 rings (SSSR count). The third kappa shape index (κ3) is 4.06. The van der Waals surface area contributed by atoms with Crippen LogP contribution in [0.3, 0.4) is 0 Å². The molecule has 4 nitrogen and oxygen atoms in total. The third-order valence-electron chi connectivity index (χ3n) is 2.16. The molecule has 0 bridgehead atoms. The number of rotatable bonds is 8. The number of nitrogens with one attached hydrogen (secondary N) is 2. The molecule has 0 aliphatic heterocycles. The fraction of sp³-hybridized carbons (Fsp3) is 0.455. The van der Waals surface area contributed by atoms with E-state index in [2.05, 4.69) is 23.8 Å². The van der Waals surface area contributed by atoms with Crippen LogP contribution in [0.2, 0.25) is 0 Å². The van der Waals surface area contributed by atoms with Crippen LogP contribution < -0.4 is 10.6 Å². The highest BCUT2D eigenvalue weighted by Crippen LogP contribution is 2.20. The fourth-order valence-corrected chi connectivity index (χ4v) is 1.36. The molecule has 0 spiro atoms. The minimum Gasteiger partial charge on any atom is -0.353 e. The van der Waals surface area contributed by atoms with Crippen LogP contribution in [0.15, 0.2) is 25.3 Å². The summed E-state index contributed by atoms with van der Waals surface area (Å²) in [6, 6.07) is 0. The standard InChI is InChI=1S/C11H16Cl2N2O2/c1-3-11(4-2,9(16)14-7-5-12)10(17)15-8-6-13/h3-4H,1-2,5-8H2,(H,14,16)(H,15,17). The fourth-order valence-electron chi connectivity index (χ4n) is 1.17. The lowest BCUT2D eigenvalue weighted by Gasteiger charge is -2.24. The Morgan fingerprint density at radius 3 is 1.59 bits per heavy atom. The van der Waals surface area contributed by atoms with Crippen molar-refractivity contribution in [2.45, 2.75) is 0 Å². The molecule has 17 heavy (non-hydrogen) atoms. The van der Waals surface area contributed by atoms with Crippen molar-refractivity contribution in [2.24, 2.45) is 5.41 Å². The van der Waals surface area contributed by atoms with Crippen molar-refractivity contribution in [3.05, 3.63) is 25.3 Å². The van der Waals surface area contributed by atoms with Crippen molar-refractivity contribution >= 4 is 35.0 Å². The van der Waals surface area contributed by atoms with Crippen LogP contribution in [0, 0.1) is 5.41 Å². The van der Waals surface area contributed by atoms with Crippen molar-refractivity contribution in [1.82, 2.24) is 10.6 Å². The molecule has 96 valence electrons. The zero-order valence-corrected chi connectivity index (χ0v) is 11.0. The molecule has 0 unspecified atom stereocenters. The van der Waals surface area contributed by atoms with Crippen molar-refractivity contribution in [3.63, 3.8) is 0 Å². The van der Waals surface area contributed by atoms with Gasteiger partial charge in [0, 0.05) is 24.8 Å². The molecule has 0 radical (unpaired) electrons. The number of carbonyl (C=O) groups excluding carboxylic acids is 2. The van der Waals surface area contributed by atoms with E-state index in [9.17, 15) is 9.59 Å². The molecule has 0 fully saturated rings. The highest BCUT2D eigenvalue weighted by Gasteiger charge is 2.39. The Kier molecular flexibility index (Phi) is 7.66. The maximum Gasteiger partial charge on any atom is 0.243 e. The van der Waals surface area contributed by atoms with E-state index in [0.29, 0.717) is 0 Å². The largest absolute Gasteiger partial charge is 0.353 e. The summed E-state index contributed by atoms with van der Waals surface area (Å²) in [5.74, 6) is -0.482. The maximum absolute atomic E-state index is 11.9. The first-order valence-electron chi connectivity index (χ1n) is 5.04. The van der Waals surface area contributed by atoms with E-state index in [1.54, 1.807) is 0 Å². The summed E-state index contributed by atoms with van der Waals surface area (Å²) in [6.07, 6.45) is 2.49. The minimum atomic E-state index is -1.49. The van der Waals surface area contributed by atoms with Gasteiger partial charge in [-0.1, -0.05) is 12.2 Å². The molecule has 0 aliphatic rings. The van der Waals surface area contributed by atoms with Gasteiger partial charge in [-0.3, -0.25) is 9.59 Å². The van der Waals surface area contributed by atoms with Crippen LogP contribution in [0.1, 0.15) is 0 Å². The third-order valence-corrected chi connectivity index (χ3v) is 2.53. The molecule has 0 aromatic carbocycles. The monoisotopic (exact) mass is 278 g/mol. The van der Waals surface area contributed by atoms with Crippen molar-refractivity contribution in [3.8, 4) is 0 Å². The van der Waals surface area contributed by atoms with Gasteiger partial charge >= 0.3 is 0 Å². The van der Waals surface area contributed by atoms with Crippen molar-refractivity contribution in [2.75, 3.05) is 24.8 Å². The van der Waals surface area contributed by atoms with E-state index in [1.165, 1.54) is 12.2 Å². The number of hydrogen-bond acceptors (Lipinski definition) is 2. The Morgan fingerprint density at radius 2 is 1.35 bits per heavy atom. The van der Waals surface area contributed by atoms with Crippen LogP contribution >= 0.6 is 23.2 Å². The summed E-state index contributed by atoms with van der Waals surface area (Å²) < 4.78 is 0. The molecule has 6 heteroatoms. The summed E-state index contributed by atoms with van der Waals surface area (Å²) in [5.41, 5.74) is -1.49. The van der Waals surface area contributed by atoms with Crippen LogP contribution in [0.25, 0.3) is 0 Å². The zero-order valence-electron chi connectivity index (χ0n) is 9.47. The normalized spacial score (nSPS) is 10.5. The minimum absolute atomic E-state index is 0.263. The molecular formula is C11H16Cl2N2O2. The smallest absolute Gasteiger partial charge is 0.243 e. The summed E-state index contributed by atoms with van der Waals surface area (Å²) >= 11 is 10.9. The van der Waals surface area contributed by atoms with Crippen molar-refractivity contribution < 1.29 is 9.59 Å². The Balaban J connectivity index is 4.87. The molecule has 0 atom stereocenters. The van der Waals surface area contributed by atoms with Crippen LogP contribution in [0.4, 0.5) is 0 Å². The van der Waals surface area contributed by atoms with Gasteiger partial charge in [0.25, 0.3) is 0 Å². The predicted octanol–water partition coefficient (Wildman–Crippen LogP) is 1.05. The maximum atomic E-state index is 11.9. The van der Waals surface area contributed by atoms with Gasteiger partial charge < -0.3 is 10.6 Å². The molecule has 0 aliphatic carbocycles. The number of halogens is 2. The Morgan fingerprint density at radius 1 is 1.00 bits per heavy atom. The predicted molar refractivity (Wildman–Crippen MR) is 70.3 cm³/mol. The van der Waals surface area contributed by atoms with E-state index < -0.39 is 17.2 Å². The number of carbonyl (C=O) groups is 2. The molecule has 2 amide bonds. The van der Waals surface area contributed by atoms with Crippen LogP contribution in [-0.4, -0.2) is 36.7 Å². The van der Waals surface area contributed by atoms with Crippen LogP contribution in [-0.2, 0) is 9.59 Å². The van der Waals surface area contributed by atoms with Gasteiger partial charge in [-0.15, -0.1) is 36.4 Å². The molecule has 0 saturated carbocycles. The van der Waals surface area contributed by atoms with E-state index in [0.717, 1.165) is 0 Å². The first-order chi connectivity index (χ1) is 8.08. The summed E-state index contributed by atoms with van der Waals surface area (Å²) in [5, 5.41) is 5.05. The molecule has 2 N–H and O–H groups in total. The van der Waals surface area contributed by atoms with Gasteiger partial charge in [-0.05, 0) is 0 Å². The van der Waals surface area contributed by atoms with Gasteiger partial charge in [0.05, 0.1) is 0 Å². The molecule has 0 aromatic heterocycles. The molecule has 0 heterocycles. The van der Waals surface area contributed by atoms with E-state index in [-0.39, 0.29) is 24.8 Å². The number of amides is 2. The average Bonchev–Trinajstić information content (AvgIpc) is 2.35. The highest BCUT2D eigenvalue weighted by atomic mass is 35.5. The second-order valence-electron chi connectivity index (χ2n) is 3.17. The number of hydrogen-bond donors (Lipinski definition) is 2. The Hall–Kier alpha value is -1.00. The second kappa shape index (κ2) is 8.14. The lowest BCUT2D eigenvalue weighted by molar-refractivity contribution is -0.137. The average molecular weight is 279 g/mol. The van der Waals surface area contributed by atoms with E-state index in [4.69, 9.17) is 23.2 Å². The molecule has 0 aromatic rings. The SMILES string of the molecule is C=CC(C=C)(C(=O)NCCCl)C(=O)NCCCl. The topological polar surface area (TPSA) is 58.2 Å². The van der Waals surface area contributed by atoms with Gasteiger partial charge in [0.2, 0.25) is 11.8 Å².